The Kier molecular flexibility index (Phi) is 4.08. The predicted molar refractivity (Wildman–Crippen MR) is 72.1 cm³/mol. The Bertz CT molecular complexity index is 506. The summed E-state index contributed by atoms with van der Waals surface area (Å²) in [5.41, 5.74) is 2.08. The third-order valence-corrected chi connectivity index (χ3v) is 3.16. The SMILES string of the molecule is CCCc1nccn1-c1ccc(Cl)cc1CCl. The van der Waals surface area contributed by atoms with Crippen LogP contribution in [0, 0.1) is 0 Å². The minimum Gasteiger partial charge on any atom is -0.303 e. The fourth-order valence-electron chi connectivity index (χ4n) is 1.86. The lowest BCUT2D eigenvalue weighted by Crippen LogP contribution is -2.03. The average Bonchev–Trinajstić information content (AvgIpc) is 2.77. The number of hydrogen-bond donors (Lipinski definition) is 0. The van der Waals surface area contributed by atoms with Gasteiger partial charge in [0, 0.05) is 29.7 Å². The van der Waals surface area contributed by atoms with E-state index in [4.69, 9.17) is 23.2 Å². The Balaban J connectivity index is 2.48. The second kappa shape index (κ2) is 5.56. The zero-order valence-corrected chi connectivity index (χ0v) is 11.2. The lowest BCUT2D eigenvalue weighted by atomic mass is 10.2. The number of nitrogens with zero attached hydrogens (tertiary/aromatic N) is 2. The highest BCUT2D eigenvalue weighted by atomic mass is 35.5. The quantitative estimate of drug-likeness (QED) is 0.760. The number of benzene rings is 1. The molecule has 0 bridgehead atoms. The number of aryl methyl sites for hydroxylation is 1. The van der Waals surface area contributed by atoms with Crippen LogP contribution in [-0.4, -0.2) is 9.55 Å². The molecule has 0 aliphatic rings. The molecule has 0 atom stereocenters. The molecule has 2 aromatic rings. The standard InChI is InChI=1S/C13H14Cl2N2/c1-2-3-13-16-6-7-17(13)12-5-4-11(15)8-10(12)9-14/h4-8H,2-3,9H2,1H3. The van der Waals surface area contributed by atoms with Crippen molar-refractivity contribution in [1.82, 2.24) is 9.55 Å². The molecular weight excluding hydrogens is 255 g/mol. The molecule has 0 saturated heterocycles. The molecule has 0 spiro atoms. The number of halogens is 2. The summed E-state index contributed by atoms with van der Waals surface area (Å²) in [5, 5.41) is 0.710. The third-order valence-electron chi connectivity index (χ3n) is 2.64. The normalized spacial score (nSPS) is 10.8. The Hall–Kier alpha value is -0.990. The van der Waals surface area contributed by atoms with E-state index in [1.54, 1.807) is 0 Å². The van der Waals surface area contributed by atoms with Gasteiger partial charge in [-0.2, -0.15) is 0 Å². The molecule has 0 amide bonds. The zero-order valence-electron chi connectivity index (χ0n) is 9.66. The highest BCUT2D eigenvalue weighted by Gasteiger charge is 2.08. The molecule has 4 heteroatoms. The number of aromatic nitrogens is 2. The van der Waals surface area contributed by atoms with Crippen LogP contribution >= 0.6 is 23.2 Å². The Morgan fingerprint density at radius 3 is 2.88 bits per heavy atom. The number of alkyl halides is 1. The van der Waals surface area contributed by atoms with Gasteiger partial charge in [0.05, 0.1) is 5.69 Å². The monoisotopic (exact) mass is 268 g/mol. The van der Waals surface area contributed by atoms with E-state index in [2.05, 4.69) is 16.5 Å². The van der Waals surface area contributed by atoms with E-state index in [1.807, 2.05) is 30.6 Å². The fraction of sp³-hybridized carbons (Fsp3) is 0.308. The second-order valence-electron chi connectivity index (χ2n) is 3.87. The lowest BCUT2D eigenvalue weighted by Gasteiger charge is -2.11. The van der Waals surface area contributed by atoms with Gasteiger partial charge in [0.25, 0.3) is 0 Å². The Morgan fingerprint density at radius 2 is 2.18 bits per heavy atom. The van der Waals surface area contributed by atoms with Crippen LogP contribution in [0.4, 0.5) is 0 Å². The molecule has 0 saturated carbocycles. The highest BCUT2D eigenvalue weighted by molar-refractivity contribution is 6.30. The van der Waals surface area contributed by atoms with Crippen molar-refractivity contribution in [1.29, 1.82) is 0 Å². The Morgan fingerprint density at radius 1 is 1.35 bits per heavy atom. The molecule has 0 aliphatic heterocycles. The van der Waals surface area contributed by atoms with Gasteiger partial charge in [0.1, 0.15) is 5.82 Å². The van der Waals surface area contributed by atoms with E-state index in [9.17, 15) is 0 Å². The smallest absolute Gasteiger partial charge is 0.113 e. The maximum absolute atomic E-state index is 5.97. The lowest BCUT2D eigenvalue weighted by molar-refractivity contribution is 0.806. The summed E-state index contributed by atoms with van der Waals surface area (Å²) in [6.45, 7) is 2.14. The van der Waals surface area contributed by atoms with Crippen LogP contribution in [-0.2, 0) is 12.3 Å². The van der Waals surface area contributed by atoms with Gasteiger partial charge in [-0.05, 0) is 30.2 Å². The molecule has 0 N–H and O–H groups in total. The molecule has 0 unspecified atom stereocenters. The molecule has 90 valence electrons. The molecule has 1 aromatic carbocycles. The van der Waals surface area contributed by atoms with Crippen molar-refractivity contribution in [2.45, 2.75) is 25.6 Å². The number of imidazole rings is 1. The summed E-state index contributed by atoms with van der Waals surface area (Å²) in [7, 11) is 0. The first-order chi connectivity index (χ1) is 8.26. The van der Waals surface area contributed by atoms with Gasteiger partial charge in [0.15, 0.2) is 0 Å². The molecule has 17 heavy (non-hydrogen) atoms. The van der Waals surface area contributed by atoms with Crippen LogP contribution in [0.25, 0.3) is 5.69 Å². The first-order valence-corrected chi connectivity index (χ1v) is 6.54. The van der Waals surface area contributed by atoms with Crippen LogP contribution in [0.1, 0.15) is 24.7 Å². The molecule has 2 nitrogen and oxygen atoms in total. The van der Waals surface area contributed by atoms with Crippen LogP contribution in [0.5, 0.6) is 0 Å². The summed E-state index contributed by atoms with van der Waals surface area (Å²) in [6, 6.07) is 5.77. The summed E-state index contributed by atoms with van der Waals surface area (Å²) in [4.78, 5) is 4.37. The van der Waals surface area contributed by atoms with Gasteiger partial charge >= 0.3 is 0 Å². The molecule has 0 fully saturated rings. The van der Waals surface area contributed by atoms with Gasteiger partial charge < -0.3 is 4.57 Å². The second-order valence-corrected chi connectivity index (χ2v) is 4.57. The van der Waals surface area contributed by atoms with Gasteiger partial charge in [-0.1, -0.05) is 18.5 Å². The largest absolute Gasteiger partial charge is 0.303 e. The highest BCUT2D eigenvalue weighted by Crippen LogP contribution is 2.22. The first kappa shape index (κ1) is 12.5. The fourth-order valence-corrected chi connectivity index (χ4v) is 2.27. The molecule has 2 rings (SSSR count). The van der Waals surface area contributed by atoms with Gasteiger partial charge in [0.2, 0.25) is 0 Å². The van der Waals surface area contributed by atoms with Crippen molar-refractivity contribution in [3.8, 4) is 5.69 Å². The maximum atomic E-state index is 5.97. The van der Waals surface area contributed by atoms with Crippen molar-refractivity contribution in [2.24, 2.45) is 0 Å². The number of hydrogen-bond acceptors (Lipinski definition) is 1. The summed E-state index contributed by atoms with van der Waals surface area (Å²) < 4.78 is 2.08. The summed E-state index contributed by atoms with van der Waals surface area (Å²) in [6.07, 6.45) is 5.81. The topological polar surface area (TPSA) is 17.8 Å². The minimum absolute atomic E-state index is 0.444. The predicted octanol–water partition coefficient (Wildman–Crippen LogP) is 4.22. The van der Waals surface area contributed by atoms with Crippen LogP contribution in [0.15, 0.2) is 30.6 Å². The van der Waals surface area contributed by atoms with Crippen molar-refractivity contribution < 1.29 is 0 Å². The van der Waals surface area contributed by atoms with E-state index < -0.39 is 0 Å². The van der Waals surface area contributed by atoms with Crippen LogP contribution in [0.2, 0.25) is 5.02 Å². The minimum atomic E-state index is 0.444. The first-order valence-electron chi connectivity index (χ1n) is 5.63. The van der Waals surface area contributed by atoms with Crippen LogP contribution in [0.3, 0.4) is 0 Å². The van der Waals surface area contributed by atoms with Gasteiger partial charge in [-0.25, -0.2) is 4.98 Å². The number of rotatable bonds is 4. The summed E-state index contributed by atoms with van der Waals surface area (Å²) in [5.74, 6) is 1.50. The van der Waals surface area contributed by atoms with E-state index in [0.29, 0.717) is 10.9 Å². The van der Waals surface area contributed by atoms with Gasteiger partial charge in [-0.3, -0.25) is 0 Å². The van der Waals surface area contributed by atoms with E-state index in [1.165, 1.54) is 0 Å². The molecule has 0 radical (unpaired) electrons. The van der Waals surface area contributed by atoms with Crippen molar-refractivity contribution in [3.63, 3.8) is 0 Å². The zero-order chi connectivity index (χ0) is 12.3. The van der Waals surface area contributed by atoms with Crippen molar-refractivity contribution in [2.75, 3.05) is 0 Å². The molecule has 0 aliphatic carbocycles. The molecule has 1 heterocycles. The van der Waals surface area contributed by atoms with Crippen molar-refractivity contribution >= 4 is 23.2 Å². The summed E-state index contributed by atoms with van der Waals surface area (Å²) >= 11 is 11.9. The third kappa shape index (κ3) is 2.64. The molecular formula is C13H14Cl2N2. The Labute approximate surface area is 111 Å². The average molecular weight is 269 g/mol. The van der Waals surface area contributed by atoms with E-state index in [-0.39, 0.29) is 0 Å². The van der Waals surface area contributed by atoms with Gasteiger partial charge in [-0.15, -0.1) is 11.6 Å². The maximum Gasteiger partial charge on any atom is 0.113 e. The van der Waals surface area contributed by atoms with Crippen LogP contribution < -0.4 is 0 Å². The van der Waals surface area contributed by atoms with E-state index in [0.717, 1.165) is 29.9 Å². The van der Waals surface area contributed by atoms with Crippen molar-refractivity contribution in [3.05, 3.63) is 47.0 Å². The molecule has 1 aromatic heterocycles. The van der Waals surface area contributed by atoms with E-state index >= 15 is 0 Å².